The van der Waals surface area contributed by atoms with Gasteiger partial charge < -0.3 is 11.1 Å². The van der Waals surface area contributed by atoms with Gasteiger partial charge in [0.15, 0.2) is 0 Å². The highest BCUT2D eigenvalue weighted by Crippen LogP contribution is 2.23. The first-order chi connectivity index (χ1) is 10.7. The fourth-order valence-electron chi connectivity index (χ4n) is 2.57. The molecular weight excluding hydrogens is 311 g/mol. The maximum atomic E-state index is 12.3. The number of anilines is 1. The quantitative estimate of drug-likeness (QED) is 0.887. The Balaban J connectivity index is 1.84. The maximum Gasteiger partial charge on any atom is 0.401 e. The standard InChI is InChI=1S/C15H18F3N3O2/c16-15(17,18)9-21-7-5-11(6-8-21)14(23)20-12-3-1-10(2-4-12)13(19)22/h1-4,11H,5-9H2,(H2,19,22)(H,20,23). The Morgan fingerprint density at radius 1 is 1.17 bits per heavy atom. The molecule has 3 N–H and O–H groups in total. The van der Waals surface area contributed by atoms with Crippen LogP contribution in [0.1, 0.15) is 23.2 Å². The highest BCUT2D eigenvalue weighted by atomic mass is 19.4. The third-order valence-electron chi connectivity index (χ3n) is 3.80. The van der Waals surface area contributed by atoms with Crippen molar-refractivity contribution in [2.75, 3.05) is 25.0 Å². The van der Waals surface area contributed by atoms with Crippen molar-refractivity contribution in [2.24, 2.45) is 11.7 Å². The number of carbonyl (C=O) groups is 2. The molecule has 126 valence electrons. The number of amides is 2. The summed E-state index contributed by atoms with van der Waals surface area (Å²) >= 11 is 0. The van der Waals surface area contributed by atoms with Crippen LogP contribution in [0.4, 0.5) is 18.9 Å². The number of rotatable bonds is 4. The molecule has 5 nitrogen and oxygen atoms in total. The van der Waals surface area contributed by atoms with E-state index in [9.17, 15) is 22.8 Å². The minimum Gasteiger partial charge on any atom is -0.366 e. The van der Waals surface area contributed by atoms with E-state index in [1.165, 1.54) is 17.0 Å². The van der Waals surface area contributed by atoms with E-state index in [1.807, 2.05) is 0 Å². The van der Waals surface area contributed by atoms with Crippen LogP contribution in [0.15, 0.2) is 24.3 Å². The van der Waals surface area contributed by atoms with E-state index in [1.54, 1.807) is 12.1 Å². The molecule has 0 spiro atoms. The molecule has 2 amide bonds. The molecular formula is C15H18F3N3O2. The Labute approximate surface area is 131 Å². The van der Waals surface area contributed by atoms with Gasteiger partial charge >= 0.3 is 6.18 Å². The molecule has 1 heterocycles. The van der Waals surface area contributed by atoms with Crippen LogP contribution in [0.3, 0.4) is 0 Å². The topological polar surface area (TPSA) is 75.4 Å². The highest BCUT2D eigenvalue weighted by Gasteiger charge is 2.33. The van der Waals surface area contributed by atoms with Gasteiger partial charge in [0.25, 0.3) is 0 Å². The van der Waals surface area contributed by atoms with Crippen LogP contribution in [-0.2, 0) is 4.79 Å². The number of piperidine rings is 1. The first-order valence-corrected chi connectivity index (χ1v) is 7.24. The van der Waals surface area contributed by atoms with Gasteiger partial charge in [0.1, 0.15) is 0 Å². The Morgan fingerprint density at radius 3 is 2.22 bits per heavy atom. The second kappa shape index (κ2) is 6.99. The summed E-state index contributed by atoms with van der Waals surface area (Å²) in [4.78, 5) is 24.4. The zero-order valence-electron chi connectivity index (χ0n) is 12.4. The van der Waals surface area contributed by atoms with Crippen molar-refractivity contribution in [3.63, 3.8) is 0 Å². The third-order valence-corrected chi connectivity index (χ3v) is 3.80. The zero-order valence-corrected chi connectivity index (χ0v) is 12.4. The molecule has 0 unspecified atom stereocenters. The number of hydrogen-bond donors (Lipinski definition) is 2. The third kappa shape index (κ3) is 5.24. The van der Waals surface area contributed by atoms with Gasteiger partial charge in [0.2, 0.25) is 11.8 Å². The molecule has 0 saturated carbocycles. The van der Waals surface area contributed by atoms with Gasteiger partial charge in [-0.3, -0.25) is 14.5 Å². The summed E-state index contributed by atoms with van der Waals surface area (Å²) in [7, 11) is 0. The van der Waals surface area contributed by atoms with E-state index >= 15 is 0 Å². The van der Waals surface area contributed by atoms with Crippen molar-refractivity contribution in [2.45, 2.75) is 19.0 Å². The van der Waals surface area contributed by atoms with Crippen LogP contribution >= 0.6 is 0 Å². The van der Waals surface area contributed by atoms with Crippen LogP contribution in [0.2, 0.25) is 0 Å². The molecule has 2 rings (SSSR count). The number of likely N-dealkylation sites (tertiary alicyclic amines) is 1. The van der Waals surface area contributed by atoms with Gasteiger partial charge in [-0.1, -0.05) is 0 Å². The molecule has 1 aromatic carbocycles. The van der Waals surface area contributed by atoms with Crippen LogP contribution in [0, 0.1) is 5.92 Å². The van der Waals surface area contributed by atoms with Gasteiger partial charge in [0, 0.05) is 17.2 Å². The first kappa shape index (κ1) is 17.3. The van der Waals surface area contributed by atoms with Crippen LogP contribution in [0.5, 0.6) is 0 Å². The molecule has 0 aliphatic carbocycles. The Morgan fingerprint density at radius 2 is 1.74 bits per heavy atom. The monoisotopic (exact) mass is 329 g/mol. The summed E-state index contributed by atoms with van der Waals surface area (Å²) in [6, 6.07) is 6.14. The average molecular weight is 329 g/mol. The second-order valence-electron chi connectivity index (χ2n) is 5.60. The van der Waals surface area contributed by atoms with Crippen LogP contribution in [0.25, 0.3) is 0 Å². The van der Waals surface area contributed by atoms with E-state index in [0.717, 1.165) is 0 Å². The Bertz CT molecular complexity index is 564. The molecule has 1 aliphatic heterocycles. The smallest absolute Gasteiger partial charge is 0.366 e. The molecule has 1 fully saturated rings. The van der Waals surface area contributed by atoms with Crippen molar-refractivity contribution < 1.29 is 22.8 Å². The van der Waals surface area contributed by atoms with Crippen molar-refractivity contribution in [1.29, 1.82) is 0 Å². The number of primary amides is 1. The Hall–Kier alpha value is -2.09. The summed E-state index contributed by atoms with van der Waals surface area (Å²) < 4.78 is 37.0. The maximum absolute atomic E-state index is 12.3. The predicted octanol–water partition coefficient (Wildman–Crippen LogP) is 2.00. The van der Waals surface area contributed by atoms with E-state index in [2.05, 4.69) is 5.32 Å². The molecule has 0 atom stereocenters. The summed E-state index contributed by atoms with van der Waals surface area (Å²) in [5.41, 5.74) is 5.99. The number of hydrogen-bond acceptors (Lipinski definition) is 3. The van der Waals surface area contributed by atoms with Crippen molar-refractivity contribution in [3.8, 4) is 0 Å². The molecule has 0 bridgehead atoms. The lowest BCUT2D eigenvalue weighted by atomic mass is 9.95. The van der Waals surface area contributed by atoms with E-state index in [4.69, 9.17) is 5.73 Å². The number of carbonyl (C=O) groups excluding carboxylic acids is 2. The van der Waals surface area contributed by atoms with Gasteiger partial charge in [-0.05, 0) is 50.2 Å². The molecule has 23 heavy (non-hydrogen) atoms. The largest absolute Gasteiger partial charge is 0.401 e. The second-order valence-corrected chi connectivity index (χ2v) is 5.60. The summed E-state index contributed by atoms with van der Waals surface area (Å²) in [6.45, 7) is -0.438. The van der Waals surface area contributed by atoms with Gasteiger partial charge in [-0.25, -0.2) is 0 Å². The van der Waals surface area contributed by atoms with Gasteiger partial charge in [0.05, 0.1) is 6.54 Å². The van der Waals surface area contributed by atoms with Crippen molar-refractivity contribution in [1.82, 2.24) is 4.90 Å². The average Bonchev–Trinajstić information content (AvgIpc) is 2.46. The lowest BCUT2D eigenvalue weighted by Gasteiger charge is -2.31. The lowest BCUT2D eigenvalue weighted by molar-refractivity contribution is -0.149. The molecule has 0 radical (unpaired) electrons. The van der Waals surface area contributed by atoms with Crippen molar-refractivity contribution in [3.05, 3.63) is 29.8 Å². The van der Waals surface area contributed by atoms with E-state index < -0.39 is 18.6 Å². The van der Waals surface area contributed by atoms with Gasteiger partial charge in [-0.15, -0.1) is 0 Å². The SMILES string of the molecule is NC(=O)c1ccc(NC(=O)C2CCN(CC(F)(F)F)CC2)cc1. The first-order valence-electron chi connectivity index (χ1n) is 7.24. The molecule has 0 aromatic heterocycles. The number of halogens is 3. The number of nitrogens with zero attached hydrogens (tertiary/aromatic N) is 1. The highest BCUT2D eigenvalue weighted by molar-refractivity contribution is 5.95. The van der Waals surface area contributed by atoms with E-state index in [0.29, 0.717) is 24.1 Å². The van der Waals surface area contributed by atoms with Crippen LogP contribution in [-0.4, -0.2) is 42.5 Å². The number of benzene rings is 1. The van der Waals surface area contributed by atoms with E-state index in [-0.39, 0.29) is 24.9 Å². The Kier molecular flexibility index (Phi) is 5.25. The summed E-state index contributed by atoms with van der Waals surface area (Å²) in [5.74, 6) is -1.08. The normalized spacial score (nSPS) is 17.0. The minimum absolute atomic E-state index is 0.219. The number of nitrogens with one attached hydrogen (secondary N) is 1. The fraction of sp³-hybridized carbons (Fsp3) is 0.467. The molecule has 1 saturated heterocycles. The summed E-state index contributed by atoms with van der Waals surface area (Å²) in [6.07, 6.45) is -3.43. The molecule has 1 aromatic rings. The van der Waals surface area contributed by atoms with Crippen LogP contribution < -0.4 is 11.1 Å². The number of alkyl halides is 3. The lowest BCUT2D eigenvalue weighted by Crippen LogP contribution is -2.42. The van der Waals surface area contributed by atoms with Crippen molar-refractivity contribution >= 4 is 17.5 Å². The zero-order chi connectivity index (χ0) is 17.0. The number of nitrogens with two attached hydrogens (primary N) is 1. The fourth-order valence-corrected chi connectivity index (χ4v) is 2.57. The molecule has 1 aliphatic rings. The summed E-state index contributed by atoms with van der Waals surface area (Å²) in [5, 5.41) is 2.71. The minimum atomic E-state index is -4.21. The molecule has 8 heteroatoms. The van der Waals surface area contributed by atoms with Gasteiger partial charge in [-0.2, -0.15) is 13.2 Å². The predicted molar refractivity (Wildman–Crippen MR) is 78.8 cm³/mol.